The standard InChI is InChI=1S/C16H33O4PS2/c1-11(2)8-13(5)19-21(22,20-14(6)9-12(3)4)23-15(7)10-16(17)18/h11-15H,8-10H2,1-7H3,(H,17,18). The Morgan fingerprint density at radius 3 is 1.70 bits per heavy atom. The summed E-state index contributed by atoms with van der Waals surface area (Å²) in [7, 11) is 0. The van der Waals surface area contributed by atoms with Crippen LogP contribution in [0, 0.1) is 11.8 Å². The molecule has 0 amide bonds. The molecule has 0 fully saturated rings. The Hall–Kier alpha value is 0.390. The number of aliphatic carboxylic acids is 1. The molecule has 0 spiro atoms. The minimum atomic E-state index is -2.57. The maximum Gasteiger partial charge on any atom is 0.304 e. The van der Waals surface area contributed by atoms with Crippen molar-refractivity contribution in [1.82, 2.24) is 0 Å². The van der Waals surface area contributed by atoms with E-state index in [4.69, 9.17) is 26.0 Å². The Morgan fingerprint density at radius 1 is 1.00 bits per heavy atom. The third kappa shape index (κ3) is 12.4. The van der Waals surface area contributed by atoms with Gasteiger partial charge in [-0.3, -0.25) is 4.79 Å². The quantitative estimate of drug-likeness (QED) is 0.435. The van der Waals surface area contributed by atoms with Crippen molar-refractivity contribution >= 4 is 34.9 Å². The fraction of sp³-hybridized carbons (Fsp3) is 0.938. The second-order valence-corrected chi connectivity index (χ2v) is 13.6. The van der Waals surface area contributed by atoms with Gasteiger partial charge in [0.2, 0.25) is 5.69 Å². The zero-order valence-electron chi connectivity index (χ0n) is 15.4. The summed E-state index contributed by atoms with van der Waals surface area (Å²) in [6, 6.07) is 0. The van der Waals surface area contributed by atoms with Gasteiger partial charge in [-0.25, -0.2) is 0 Å². The highest BCUT2D eigenvalue weighted by Crippen LogP contribution is 2.65. The Balaban J connectivity index is 4.94. The number of carboxylic acids is 1. The Bertz CT molecular complexity index is 380. The Morgan fingerprint density at radius 2 is 1.39 bits per heavy atom. The maximum absolute atomic E-state index is 10.9. The largest absolute Gasteiger partial charge is 0.481 e. The first-order valence-corrected chi connectivity index (χ1v) is 12.4. The molecule has 3 unspecified atom stereocenters. The van der Waals surface area contributed by atoms with Crippen molar-refractivity contribution < 1.29 is 18.9 Å². The lowest BCUT2D eigenvalue weighted by Crippen LogP contribution is -2.16. The number of hydrogen-bond donors (Lipinski definition) is 1. The third-order valence-electron chi connectivity index (χ3n) is 3.00. The first kappa shape index (κ1) is 23.4. The monoisotopic (exact) mass is 384 g/mol. The average Bonchev–Trinajstić information content (AvgIpc) is 2.22. The molecule has 0 aromatic rings. The molecule has 0 aliphatic carbocycles. The molecule has 0 rings (SSSR count). The highest BCUT2D eigenvalue weighted by Gasteiger charge is 2.29. The van der Waals surface area contributed by atoms with Crippen LogP contribution in [0.5, 0.6) is 0 Å². The van der Waals surface area contributed by atoms with Crippen LogP contribution < -0.4 is 0 Å². The van der Waals surface area contributed by atoms with Crippen molar-refractivity contribution in [3.05, 3.63) is 0 Å². The van der Waals surface area contributed by atoms with Crippen molar-refractivity contribution in [3.8, 4) is 0 Å². The summed E-state index contributed by atoms with van der Waals surface area (Å²) >= 11 is 7.11. The highest BCUT2D eigenvalue weighted by molar-refractivity contribution is 8.68. The molecular formula is C16H33O4PS2. The summed E-state index contributed by atoms with van der Waals surface area (Å²) in [6.45, 7) is 14.5. The summed E-state index contributed by atoms with van der Waals surface area (Å²) in [5.41, 5.74) is -2.57. The van der Waals surface area contributed by atoms with Crippen molar-refractivity contribution in [3.63, 3.8) is 0 Å². The summed E-state index contributed by atoms with van der Waals surface area (Å²) in [5, 5.41) is 8.84. The van der Waals surface area contributed by atoms with Crippen molar-refractivity contribution in [1.29, 1.82) is 0 Å². The molecule has 1 N–H and O–H groups in total. The molecule has 0 radical (unpaired) electrons. The molecule has 0 aliphatic heterocycles. The second-order valence-electron chi connectivity index (χ2n) is 7.05. The Labute approximate surface area is 151 Å². The molecule has 0 aromatic carbocycles. The van der Waals surface area contributed by atoms with E-state index in [2.05, 4.69) is 27.7 Å². The summed E-state index contributed by atoms with van der Waals surface area (Å²) in [4.78, 5) is 10.9. The molecule has 0 aromatic heterocycles. The van der Waals surface area contributed by atoms with Gasteiger partial charge in [-0.15, -0.1) is 0 Å². The van der Waals surface area contributed by atoms with Gasteiger partial charge in [0.1, 0.15) is 0 Å². The smallest absolute Gasteiger partial charge is 0.304 e. The zero-order valence-corrected chi connectivity index (χ0v) is 18.0. The molecule has 4 nitrogen and oxygen atoms in total. The Kier molecular flexibility index (Phi) is 11.3. The molecule has 0 aliphatic rings. The van der Waals surface area contributed by atoms with E-state index in [1.165, 1.54) is 11.4 Å². The van der Waals surface area contributed by atoms with Gasteiger partial charge in [-0.05, 0) is 50.3 Å². The molecule has 0 saturated heterocycles. The fourth-order valence-electron chi connectivity index (χ4n) is 2.43. The summed E-state index contributed by atoms with van der Waals surface area (Å²) < 4.78 is 12.3. The van der Waals surface area contributed by atoms with Gasteiger partial charge in [0, 0.05) is 5.25 Å². The molecule has 7 heteroatoms. The second kappa shape index (κ2) is 11.1. The van der Waals surface area contributed by atoms with Gasteiger partial charge in [0.25, 0.3) is 0 Å². The number of hydrogen-bond acceptors (Lipinski definition) is 5. The zero-order chi connectivity index (χ0) is 18.2. The van der Waals surface area contributed by atoms with Crippen LogP contribution in [0.1, 0.15) is 67.7 Å². The maximum atomic E-state index is 10.9. The third-order valence-corrected chi connectivity index (χ3v) is 8.68. The fourth-order valence-corrected chi connectivity index (χ4v) is 9.22. The van der Waals surface area contributed by atoms with Crippen LogP contribution in [-0.2, 0) is 25.6 Å². The van der Waals surface area contributed by atoms with Gasteiger partial charge in [-0.1, -0.05) is 46.0 Å². The lowest BCUT2D eigenvalue weighted by atomic mass is 10.1. The van der Waals surface area contributed by atoms with E-state index in [0.717, 1.165) is 12.8 Å². The molecule has 0 saturated carbocycles. The lowest BCUT2D eigenvalue weighted by Gasteiger charge is -2.30. The van der Waals surface area contributed by atoms with Crippen LogP contribution in [0.2, 0.25) is 0 Å². The van der Waals surface area contributed by atoms with Gasteiger partial charge < -0.3 is 14.2 Å². The van der Waals surface area contributed by atoms with E-state index < -0.39 is 11.7 Å². The van der Waals surface area contributed by atoms with Gasteiger partial charge >= 0.3 is 5.97 Å². The molecular weight excluding hydrogens is 351 g/mol. The van der Waals surface area contributed by atoms with Crippen molar-refractivity contribution in [2.75, 3.05) is 0 Å². The average molecular weight is 385 g/mol. The topological polar surface area (TPSA) is 55.8 Å². The van der Waals surface area contributed by atoms with Crippen LogP contribution in [-0.4, -0.2) is 28.5 Å². The van der Waals surface area contributed by atoms with E-state index in [0.29, 0.717) is 11.8 Å². The van der Waals surface area contributed by atoms with Crippen molar-refractivity contribution in [2.24, 2.45) is 11.8 Å². The molecule has 138 valence electrons. The van der Waals surface area contributed by atoms with Crippen LogP contribution in [0.25, 0.3) is 0 Å². The number of rotatable bonds is 12. The van der Waals surface area contributed by atoms with E-state index in [-0.39, 0.29) is 23.9 Å². The minimum absolute atomic E-state index is 0.0108. The normalized spacial score (nSPS) is 18.7. The number of carbonyl (C=O) groups is 1. The summed E-state index contributed by atoms with van der Waals surface area (Å²) in [6.07, 6.45) is 1.91. The van der Waals surface area contributed by atoms with Crippen molar-refractivity contribution in [2.45, 2.75) is 85.2 Å². The first-order chi connectivity index (χ1) is 10.4. The molecule has 0 bridgehead atoms. The van der Waals surface area contributed by atoms with E-state index in [9.17, 15) is 4.79 Å². The van der Waals surface area contributed by atoms with Gasteiger partial charge in [0.15, 0.2) is 0 Å². The summed E-state index contributed by atoms with van der Waals surface area (Å²) in [5.74, 6) is 0.211. The predicted octanol–water partition coefficient (Wildman–Crippen LogP) is 5.71. The van der Waals surface area contributed by atoms with Crippen LogP contribution >= 0.6 is 17.1 Å². The van der Waals surface area contributed by atoms with Crippen LogP contribution in [0.15, 0.2) is 0 Å². The highest BCUT2D eigenvalue weighted by atomic mass is 32.9. The van der Waals surface area contributed by atoms with Gasteiger partial charge in [-0.2, -0.15) is 0 Å². The van der Waals surface area contributed by atoms with Gasteiger partial charge in [0.05, 0.1) is 18.6 Å². The van der Waals surface area contributed by atoms with Crippen LogP contribution in [0.4, 0.5) is 0 Å². The predicted molar refractivity (Wildman–Crippen MR) is 104 cm³/mol. The van der Waals surface area contributed by atoms with E-state index in [1.807, 2.05) is 20.8 Å². The molecule has 3 atom stereocenters. The lowest BCUT2D eigenvalue weighted by molar-refractivity contribution is -0.136. The van der Waals surface area contributed by atoms with E-state index in [1.54, 1.807) is 0 Å². The molecule has 0 heterocycles. The first-order valence-electron chi connectivity index (χ1n) is 8.30. The minimum Gasteiger partial charge on any atom is -0.481 e. The SMILES string of the molecule is CC(C)CC(C)OP(=S)(OC(C)CC(C)C)SC(C)CC(=O)O. The number of carboxylic acid groups (broad SMARTS) is 1. The van der Waals surface area contributed by atoms with E-state index >= 15 is 0 Å². The van der Waals surface area contributed by atoms with Crippen LogP contribution in [0.3, 0.4) is 0 Å². The molecule has 23 heavy (non-hydrogen) atoms.